The van der Waals surface area contributed by atoms with Crippen LogP contribution in [0.1, 0.15) is 23.2 Å². The number of rotatable bonds is 6. The number of carbonyl (C=O) groups excluding carboxylic acids is 1. The van der Waals surface area contributed by atoms with Gasteiger partial charge < -0.3 is 45.0 Å². The molecule has 0 fully saturated rings. The van der Waals surface area contributed by atoms with E-state index in [0.29, 0.717) is 0 Å². The van der Waals surface area contributed by atoms with Crippen LogP contribution in [0.4, 0.5) is 0 Å². The number of phosphoric acid groups is 1. The average molecular weight is 434 g/mol. The van der Waals surface area contributed by atoms with Gasteiger partial charge in [-0.25, -0.2) is 9.36 Å². The summed E-state index contributed by atoms with van der Waals surface area (Å²) >= 11 is 0. The van der Waals surface area contributed by atoms with E-state index < -0.39 is 50.1 Å². The summed E-state index contributed by atoms with van der Waals surface area (Å²) in [7, 11) is -4.64. The third-order valence-corrected chi connectivity index (χ3v) is 2.29. The molecule has 7 N–H and O–H groups in total. The quantitative estimate of drug-likeness (QED) is 0.164. The molecule has 0 radical (unpaired) electrons. The van der Waals surface area contributed by atoms with Crippen LogP contribution in [-0.2, 0) is 18.9 Å². The number of aliphatic hydroxyl groups is 1. The number of carboxylic acids is 4. The molecule has 152 valence electrons. The molecule has 0 aliphatic carbocycles. The number of aliphatic carboxylic acids is 3. The fourth-order valence-electron chi connectivity index (χ4n) is 1.29. The normalized spacial score (nSPS) is 10.0. The van der Waals surface area contributed by atoms with Crippen molar-refractivity contribution >= 4 is 31.7 Å². The summed E-state index contributed by atoms with van der Waals surface area (Å²) in [6.45, 7) is 0. The molecule has 13 nitrogen and oxygen atoms in total. The molecular weight excluding hydrogens is 418 g/mol. The van der Waals surface area contributed by atoms with E-state index in [0.717, 1.165) is 0 Å². The van der Waals surface area contributed by atoms with Crippen LogP contribution in [0, 0.1) is 0 Å². The van der Waals surface area contributed by atoms with Gasteiger partial charge in [-0.05, 0) is 5.56 Å². The zero-order valence-corrected chi connectivity index (χ0v) is 17.2. The van der Waals surface area contributed by atoms with Gasteiger partial charge in [-0.2, -0.15) is 0 Å². The molecule has 0 aliphatic rings. The topological polar surface area (TPSA) is 250 Å². The number of carbonyl (C=O) groups is 4. The number of benzene rings is 1. The van der Waals surface area contributed by atoms with Crippen LogP contribution in [0.2, 0.25) is 0 Å². The van der Waals surface area contributed by atoms with Crippen molar-refractivity contribution in [3.05, 3.63) is 35.9 Å². The zero-order valence-electron chi connectivity index (χ0n) is 14.3. The molecule has 1 aromatic rings. The van der Waals surface area contributed by atoms with Gasteiger partial charge in [0.05, 0.1) is 18.8 Å². The van der Waals surface area contributed by atoms with E-state index in [4.69, 9.17) is 39.7 Å². The van der Waals surface area contributed by atoms with Gasteiger partial charge in [0.15, 0.2) is 5.60 Å². The first-order chi connectivity index (χ1) is 12.1. The van der Waals surface area contributed by atoms with E-state index in [1.54, 1.807) is 18.2 Å². The van der Waals surface area contributed by atoms with E-state index >= 15 is 0 Å². The van der Waals surface area contributed by atoms with Gasteiger partial charge in [-0.1, -0.05) is 30.3 Å². The Labute approximate surface area is 179 Å². The first-order valence-electron chi connectivity index (χ1n) is 6.52. The summed E-state index contributed by atoms with van der Waals surface area (Å²) < 4.78 is 8.88. The van der Waals surface area contributed by atoms with Gasteiger partial charge >= 0.3 is 55.3 Å². The second-order valence-corrected chi connectivity index (χ2v) is 5.67. The minimum absolute atomic E-state index is 0. The van der Waals surface area contributed by atoms with E-state index in [1.807, 2.05) is 0 Å². The summed E-state index contributed by atoms with van der Waals surface area (Å²) in [6.07, 6.45) is -2.29. The van der Waals surface area contributed by atoms with Crippen LogP contribution in [0.5, 0.6) is 0 Å². The number of hydrogen-bond acceptors (Lipinski definition) is 7. The van der Waals surface area contributed by atoms with Gasteiger partial charge in [0.2, 0.25) is 0 Å². The molecule has 0 aromatic heterocycles. The van der Waals surface area contributed by atoms with Crippen LogP contribution in [0.3, 0.4) is 0 Å². The maximum Gasteiger partial charge on any atom is 1.00 e. The van der Waals surface area contributed by atoms with E-state index in [9.17, 15) is 24.3 Å². The Kier molecular flexibility index (Phi) is 15.7. The molecule has 28 heavy (non-hydrogen) atoms. The summed E-state index contributed by atoms with van der Waals surface area (Å²) in [4.78, 5) is 62.1. The predicted molar refractivity (Wildman–Crippen MR) is 82.1 cm³/mol. The molecular formula is C13H16NaO13P. The second-order valence-electron chi connectivity index (χ2n) is 4.64. The first kappa shape index (κ1) is 30.9. The molecule has 1 rings (SSSR count). The van der Waals surface area contributed by atoms with Crippen molar-refractivity contribution < 1.29 is 93.5 Å². The zero-order chi connectivity index (χ0) is 21.8. The molecule has 0 unspecified atom stereocenters. The van der Waals surface area contributed by atoms with Crippen LogP contribution < -0.4 is 34.7 Å². The molecule has 0 amide bonds. The molecule has 0 spiro atoms. The van der Waals surface area contributed by atoms with Crippen LogP contribution >= 0.6 is 7.82 Å². The van der Waals surface area contributed by atoms with Crippen LogP contribution in [0.25, 0.3) is 0 Å². The minimum Gasteiger partial charge on any atom is -0.545 e. The molecule has 0 saturated carbocycles. The summed E-state index contributed by atoms with van der Waals surface area (Å²) in [6, 6.07) is 8.06. The van der Waals surface area contributed by atoms with Crippen molar-refractivity contribution in [3.8, 4) is 0 Å². The standard InChI is InChI=1S/C7H6O2.C6H8O7.Na.H3O4P/c8-7(9)6-4-2-1-3-5-6;7-3(8)1-6(13,5(11)12)2-4(9)10;;1-5(2,3)4/h1-5H,(H,8,9);13H,1-2H2,(H,7,8)(H,9,10)(H,11,12);;(H3,1,2,3,4)/q;;+1;/p-1. The molecule has 0 heterocycles. The van der Waals surface area contributed by atoms with Crippen molar-refractivity contribution in [2.75, 3.05) is 0 Å². The maximum atomic E-state index is 10.3. The minimum atomic E-state index is -4.64. The van der Waals surface area contributed by atoms with E-state index in [2.05, 4.69) is 0 Å². The fraction of sp³-hybridized carbons (Fsp3) is 0.231. The third-order valence-electron chi connectivity index (χ3n) is 2.29. The van der Waals surface area contributed by atoms with E-state index in [1.165, 1.54) is 12.1 Å². The number of carboxylic acid groups (broad SMARTS) is 4. The van der Waals surface area contributed by atoms with Crippen molar-refractivity contribution in [2.24, 2.45) is 0 Å². The van der Waals surface area contributed by atoms with Crippen LogP contribution in [-0.4, -0.2) is 64.6 Å². The molecule has 0 atom stereocenters. The Morgan fingerprint density at radius 1 is 0.893 bits per heavy atom. The number of hydrogen-bond donors (Lipinski definition) is 7. The van der Waals surface area contributed by atoms with Gasteiger partial charge in [0.1, 0.15) is 0 Å². The second kappa shape index (κ2) is 14.2. The van der Waals surface area contributed by atoms with Gasteiger partial charge in [-0.15, -0.1) is 0 Å². The molecule has 15 heteroatoms. The number of aromatic carboxylic acids is 1. The monoisotopic (exact) mass is 434 g/mol. The molecule has 0 saturated heterocycles. The van der Waals surface area contributed by atoms with E-state index in [-0.39, 0.29) is 35.1 Å². The molecule has 0 bridgehead atoms. The van der Waals surface area contributed by atoms with Crippen LogP contribution in [0.15, 0.2) is 30.3 Å². The van der Waals surface area contributed by atoms with Gasteiger partial charge in [0, 0.05) is 0 Å². The average Bonchev–Trinajstić information content (AvgIpc) is 2.45. The van der Waals surface area contributed by atoms with Gasteiger partial charge in [0.25, 0.3) is 0 Å². The van der Waals surface area contributed by atoms with Crippen molar-refractivity contribution in [2.45, 2.75) is 18.4 Å². The Hall–Kier alpha value is -1.83. The third kappa shape index (κ3) is 18.9. The summed E-state index contributed by atoms with van der Waals surface area (Å²) in [5.41, 5.74) is -2.52. The van der Waals surface area contributed by atoms with Crippen molar-refractivity contribution in [3.63, 3.8) is 0 Å². The predicted octanol–water partition coefficient (Wildman–Crippen LogP) is -5.12. The summed E-state index contributed by atoms with van der Waals surface area (Å²) in [5, 5.41) is 43.9. The fourth-order valence-corrected chi connectivity index (χ4v) is 1.29. The maximum absolute atomic E-state index is 10.3. The van der Waals surface area contributed by atoms with Gasteiger partial charge in [-0.3, -0.25) is 9.59 Å². The smallest absolute Gasteiger partial charge is 0.545 e. The SMILES string of the molecule is O=C(O)CC(O)(CC(=O)O)C(=O)O.O=C([O-])c1ccccc1.O=P(O)(O)O.[Na+]. The Bertz CT molecular complexity index is 675. The first-order valence-corrected chi connectivity index (χ1v) is 8.09. The van der Waals surface area contributed by atoms with Crippen molar-refractivity contribution in [1.82, 2.24) is 0 Å². The summed E-state index contributed by atoms with van der Waals surface area (Å²) in [5.74, 6) is -6.15. The molecule has 1 aromatic carbocycles. The Morgan fingerprint density at radius 3 is 1.39 bits per heavy atom. The Morgan fingerprint density at radius 2 is 1.21 bits per heavy atom. The Balaban J connectivity index is -0.000000362. The molecule has 0 aliphatic heterocycles. The van der Waals surface area contributed by atoms with Crippen molar-refractivity contribution in [1.29, 1.82) is 0 Å². The largest absolute Gasteiger partial charge is 1.00 e.